The van der Waals surface area contributed by atoms with E-state index < -0.39 is 0 Å². The summed E-state index contributed by atoms with van der Waals surface area (Å²) >= 11 is 8.63. The number of carbonyl (C=O) groups excluding carboxylic acids is 1. The maximum absolute atomic E-state index is 13.2. The van der Waals surface area contributed by atoms with Crippen LogP contribution in [0.2, 0.25) is 0 Å². The number of carbonyl (C=O) groups is 1. The zero-order valence-electron chi connectivity index (χ0n) is 14.9. The summed E-state index contributed by atoms with van der Waals surface area (Å²) in [5.74, 6) is 0.765. The SMILES string of the molecule is O=C(Cn1c(-c2cccs2)n[nH]c1=S)N1CCCC1c1nc2ccccc2s1. The van der Waals surface area contributed by atoms with E-state index in [2.05, 4.69) is 16.3 Å². The fourth-order valence-electron chi connectivity index (χ4n) is 3.64. The van der Waals surface area contributed by atoms with E-state index in [4.69, 9.17) is 17.2 Å². The van der Waals surface area contributed by atoms with Gasteiger partial charge in [-0.15, -0.1) is 22.7 Å². The van der Waals surface area contributed by atoms with Crippen molar-refractivity contribution in [3.8, 4) is 10.7 Å². The summed E-state index contributed by atoms with van der Waals surface area (Å²) in [7, 11) is 0. The lowest BCUT2D eigenvalue weighted by Crippen LogP contribution is -2.33. The molecule has 1 aromatic carbocycles. The standard InChI is InChI=1S/C19H17N5OS3/c25-16(11-24-17(21-22-19(24)26)15-8-4-10-27-15)23-9-3-6-13(23)18-20-12-5-1-2-7-14(12)28-18/h1-2,4-5,7-8,10,13H,3,6,9,11H2,(H,22,26). The molecule has 28 heavy (non-hydrogen) atoms. The minimum atomic E-state index is 0.0381. The van der Waals surface area contributed by atoms with E-state index >= 15 is 0 Å². The van der Waals surface area contributed by atoms with Gasteiger partial charge in [0.15, 0.2) is 10.6 Å². The second-order valence-corrected chi connectivity index (χ2v) is 9.08. The quantitative estimate of drug-likeness (QED) is 0.482. The van der Waals surface area contributed by atoms with Crippen LogP contribution in [0.5, 0.6) is 0 Å². The molecule has 1 aliphatic heterocycles. The highest BCUT2D eigenvalue weighted by atomic mass is 32.1. The topological polar surface area (TPSA) is 66.8 Å². The van der Waals surface area contributed by atoms with Crippen molar-refractivity contribution < 1.29 is 4.79 Å². The Morgan fingerprint density at radius 1 is 1.29 bits per heavy atom. The van der Waals surface area contributed by atoms with Crippen molar-refractivity contribution in [1.29, 1.82) is 0 Å². The van der Waals surface area contributed by atoms with Crippen LogP contribution in [-0.2, 0) is 11.3 Å². The van der Waals surface area contributed by atoms with E-state index in [1.807, 2.05) is 40.6 Å². The number of aromatic amines is 1. The van der Waals surface area contributed by atoms with Gasteiger partial charge in [0.2, 0.25) is 5.91 Å². The van der Waals surface area contributed by atoms with Crippen LogP contribution < -0.4 is 0 Å². The van der Waals surface area contributed by atoms with Crippen LogP contribution in [0.3, 0.4) is 0 Å². The number of nitrogens with zero attached hydrogens (tertiary/aromatic N) is 4. The number of thiophene rings is 1. The first kappa shape index (κ1) is 17.7. The highest BCUT2D eigenvalue weighted by Gasteiger charge is 2.32. The minimum Gasteiger partial charge on any atom is -0.332 e. The molecular weight excluding hydrogens is 410 g/mol. The molecule has 1 fully saturated rings. The second-order valence-electron chi connectivity index (χ2n) is 6.68. The first-order chi connectivity index (χ1) is 13.7. The smallest absolute Gasteiger partial charge is 0.243 e. The normalized spacial score (nSPS) is 16.9. The summed E-state index contributed by atoms with van der Waals surface area (Å²) in [4.78, 5) is 20.9. The zero-order valence-corrected chi connectivity index (χ0v) is 17.3. The molecule has 4 heterocycles. The molecule has 0 saturated carbocycles. The number of hydrogen-bond acceptors (Lipinski definition) is 6. The van der Waals surface area contributed by atoms with Crippen molar-refractivity contribution >= 4 is 51.0 Å². The molecule has 6 nitrogen and oxygen atoms in total. The van der Waals surface area contributed by atoms with Crippen LogP contribution in [0.4, 0.5) is 0 Å². The number of fused-ring (bicyclic) bond motifs is 1. The van der Waals surface area contributed by atoms with Gasteiger partial charge < -0.3 is 4.90 Å². The highest BCUT2D eigenvalue weighted by molar-refractivity contribution is 7.71. The van der Waals surface area contributed by atoms with Gasteiger partial charge in [-0.05, 0) is 48.6 Å². The average molecular weight is 428 g/mol. The number of likely N-dealkylation sites (tertiary alicyclic amines) is 1. The number of para-hydroxylation sites is 1. The van der Waals surface area contributed by atoms with Crippen LogP contribution in [0, 0.1) is 4.77 Å². The van der Waals surface area contributed by atoms with Crippen molar-refractivity contribution in [3.63, 3.8) is 0 Å². The molecule has 1 unspecified atom stereocenters. The number of benzene rings is 1. The van der Waals surface area contributed by atoms with Gasteiger partial charge in [0, 0.05) is 6.54 Å². The lowest BCUT2D eigenvalue weighted by molar-refractivity contribution is -0.132. The maximum Gasteiger partial charge on any atom is 0.243 e. The molecule has 1 saturated heterocycles. The van der Waals surface area contributed by atoms with E-state index in [0.29, 0.717) is 10.6 Å². The monoisotopic (exact) mass is 427 g/mol. The number of rotatable bonds is 4. The van der Waals surface area contributed by atoms with Crippen LogP contribution in [0.25, 0.3) is 20.9 Å². The summed E-state index contributed by atoms with van der Waals surface area (Å²) < 4.78 is 3.42. The lowest BCUT2D eigenvalue weighted by Gasteiger charge is -2.23. The summed E-state index contributed by atoms with van der Waals surface area (Å²) in [6.07, 6.45) is 1.93. The fraction of sp³-hybridized carbons (Fsp3) is 0.263. The lowest BCUT2D eigenvalue weighted by atomic mass is 10.2. The first-order valence-corrected chi connectivity index (χ1v) is 11.1. The number of thiazole rings is 1. The Bertz CT molecular complexity index is 1160. The van der Waals surface area contributed by atoms with Gasteiger partial charge in [0.05, 0.1) is 21.1 Å². The van der Waals surface area contributed by atoms with Gasteiger partial charge in [-0.3, -0.25) is 14.5 Å². The molecule has 0 bridgehead atoms. The van der Waals surface area contributed by atoms with E-state index in [0.717, 1.165) is 39.5 Å². The van der Waals surface area contributed by atoms with E-state index in [1.54, 1.807) is 27.2 Å². The average Bonchev–Trinajstić information content (AvgIpc) is 3.48. The summed E-state index contributed by atoms with van der Waals surface area (Å²) in [5, 5.41) is 10.1. The van der Waals surface area contributed by atoms with Crippen molar-refractivity contribution in [2.75, 3.05) is 6.54 Å². The third-order valence-corrected chi connectivity index (χ3v) is 7.28. The molecule has 0 spiro atoms. The Morgan fingerprint density at radius 2 is 2.18 bits per heavy atom. The predicted octanol–water partition coefficient (Wildman–Crippen LogP) is 4.64. The van der Waals surface area contributed by atoms with Crippen molar-refractivity contribution in [2.45, 2.75) is 25.4 Å². The molecule has 9 heteroatoms. The zero-order chi connectivity index (χ0) is 19.1. The van der Waals surface area contributed by atoms with E-state index in [-0.39, 0.29) is 18.5 Å². The predicted molar refractivity (Wildman–Crippen MR) is 114 cm³/mol. The number of nitrogens with one attached hydrogen (secondary N) is 1. The number of H-pyrrole nitrogens is 1. The van der Waals surface area contributed by atoms with E-state index in [9.17, 15) is 4.79 Å². The molecule has 3 aromatic heterocycles. The number of aromatic nitrogens is 4. The van der Waals surface area contributed by atoms with Crippen LogP contribution >= 0.6 is 34.9 Å². The first-order valence-electron chi connectivity index (χ1n) is 9.05. The molecule has 1 N–H and O–H groups in total. The van der Waals surface area contributed by atoms with Crippen molar-refractivity contribution in [2.24, 2.45) is 0 Å². The minimum absolute atomic E-state index is 0.0381. The summed E-state index contributed by atoms with van der Waals surface area (Å²) in [6.45, 7) is 0.933. The van der Waals surface area contributed by atoms with Crippen molar-refractivity contribution in [3.05, 3.63) is 51.6 Å². The third-order valence-electron chi connectivity index (χ3n) is 4.96. The molecule has 5 rings (SSSR count). The Balaban J connectivity index is 1.42. The van der Waals surface area contributed by atoms with Crippen LogP contribution in [0.1, 0.15) is 23.9 Å². The van der Waals surface area contributed by atoms with Gasteiger partial charge in [-0.2, -0.15) is 5.10 Å². The van der Waals surface area contributed by atoms with Gasteiger partial charge >= 0.3 is 0 Å². The number of amides is 1. The highest BCUT2D eigenvalue weighted by Crippen LogP contribution is 2.36. The van der Waals surface area contributed by atoms with E-state index in [1.165, 1.54) is 0 Å². The molecule has 0 radical (unpaired) electrons. The largest absolute Gasteiger partial charge is 0.332 e. The Morgan fingerprint density at radius 3 is 3.00 bits per heavy atom. The van der Waals surface area contributed by atoms with Gasteiger partial charge in [-0.25, -0.2) is 4.98 Å². The van der Waals surface area contributed by atoms with Gasteiger partial charge in [-0.1, -0.05) is 18.2 Å². The Labute approximate surface area is 174 Å². The maximum atomic E-state index is 13.2. The molecule has 1 atom stereocenters. The van der Waals surface area contributed by atoms with Gasteiger partial charge in [0.25, 0.3) is 0 Å². The Hall–Kier alpha value is -2.36. The van der Waals surface area contributed by atoms with Crippen molar-refractivity contribution in [1.82, 2.24) is 24.6 Å². The van der Waals surface area contributed by atoms with Crippen LogP contribution in [-0.4, -0.2) is 37.1 Å². The summed E-state index contributed by atoms with van der Waals surface area (Å²) in [6, 6.07) is 12.1. The molecule has 142 valence electrons. The fourth-order valence-corrected chi connectivity index (χ4v) is 5.67. The molecular formula is C19H17N5OS3. The molecule has 1 aliphatic rings. The Kier molecular flexibility index (Phi) is 4.58. The third kappa shape index (κ3) is 3.09. The number of hydrogen-bond donors (Lipinski definition) is 1. The summed E-state index contributed by atoms with van der Waals surface area (Å²) in [5.41, 5.74) is 0.999. The molecule has 1 amide bonds. The molecule has 0 aliphatic carbocycles. The van der Waals surface area contributed by atoms with Gasteiger partial charge in [0.1, 0.15) is 11.6 Å². The second kappa shape index (κ2) is 7.23. The van der Waals surface area contributed by atoms with Crippen LogP contribution in [0.15, 0.2) is 41.8 Å². The molecule has 4 aromatic rings.